The van der Waals surface area contributed by atoms with Crippen LogP contribution < -0.4 is 5.32 Å². The summed E-state index contributed by atoms with van der Waals surface area (Å²) in [5.74, 6) is 0.886. The zero-order valence-corrected chi connectivity index (χ0v) is 22.0. The van der Waals surface area contributed by atoms with Crippen LogP contribution in [0.15, 0.2) is 67.5 Å². The van der Waals surface area contributed by atoms with Gasteiger partial charge in [-0.2, -0.15) is 0 Å². The highest BCUT2D eigenvalue weighted by Crippen LogP contribution is 2.34. The van der Waals surface area contributed by atoms with Gasteiger partial charge in [-0.1, -0.05) is 33.8 Å². The van der Waals surface area contributed by atoms with E-state index in [1.54, 1.807) is 6.20 Å². The Bertz CT molecular complexity index is 1500. The highest BCUT2D eigenvalue weighted by molar-refractivity contribution is 9.10. The summed E-state index contributed by atoms with van der Waals surface area (Å²) in [5.41, 5.74) is 2.55. The molecule has 9 heteroatoms. The predicted molar refractivity (Wildman–Crippen MR) is 144 cm³/mol. The van der Waals surface area contributed by atoms with Gasteiger partial charge in [0.1, 0.15) is 11.2 Å². The van der Waals surface area contributed by atoms with Gasteiger partial charge < -0.3 is 14.6 Å². The van der Waals surface area contributed by atoms with E-state index in [1.807, 2.05) is 53.4 Å². The number of halogens is 1. The molecule has 0 spiro atoms. The molecule has 0 unspecified atom stereocenters. The van der Waals surface area contributed by atoms with Gasteiger partial charge in [0.15, 0.2) is 5.76 Å². The van der Waals surface area contributed by atoms with E-state index in [-0.39, 0.29) is 11.8 Å². The highest BCUT2D eigenvalue weighted by atomic mass is 79.9. The van der Waals surface area contributed by atoms with Gasteiger partial charge in [-0.3, -0.25) is 14.0 Å². The van der Waals surface area contributed by atoms with Crippen molar-refractivity contribution in [1.82, 2.24) is 19.6 Å². The molecular formula is C27H25BrN4O3S. The molecule has 2 aliphatic heterocycles. The highest BCUT2D eigenvalue weighted by Gasteiger charge is 2.26. The molecular weight excluding hydrogens is 540 g/mol. The van der Waals surface area contributed by atoms with Crippen molar-refractivity contribution in [2.24, 2.45) is 5.92 Å². The van der Waals surface area contributed by atoms with E-state index in [4.69, 9.17) is 4.42 Å². The summed E-state index contributed by atoms with van der Waals surface area (Å²) in [6, 6.07) is 13.5. The number of amides is 2. The van der Waals surface area contributed by atoms with Gasteiger partial charge in [0.25, 0.3) is 11.8 Å². The lowest BCUT2D eigenvalue weighted by Crippen LogP contribution is -2.38. The molecule has 0 aliphatic carbocycles. The van der Waals surface area contributed by atoms with Crippen molar-refractivity contribution >= 4 is 62.2 Å². The molecule has 36 heavy (non-hydrogen) atoms. The van der Waals surface area contributed by atoms with Crippen LogP contribution in [0.5, 0.6) is 0 Å². The zero-order chi connectivity index (χ0) is 24.6. The van der Waals surface area contributed by atoms with Crippen molar-refractivity contribution in [1.29, 1.82) is 0 Å². The van der Waals surface area contributed by atoms with E-state index in [2.05, 4.69) is 30.6 Å². The molecule has 1 fully saturated rings. The minimum atomic E-state index is -0.0391. The minimum absolute atomic E-state index is 0.0386. The molecule has 1 saturated heterocycles. The van der Waals surface area contributed by atoms with Gasteiger partial charge in [0.2, 0.25) is 0 Å². The summed E-state index contributed by atoms with van der Waals surface area (Å²) in [4.78, 5) is 32.7. The zero-order valence-electron chi connectivity index (χ0n) is 19.6. The fraction of sp³-hybridized carbons (Fsp3) is 0.296. The second kappa shape index (κ2) is 9.78. The van der Waals surface area contributed by atoms with Crippen LogP contribution >= 0.6 is 27.7 Å². The summed E-state index contributed by atoms with van der Waals surface area (Å²) >= 11 is 4.93. The van der Waals surface area contributed by atoms with Crippen LogP contribution in [0.2, 0.25) is 0 Å². The maximum absolute atomic E-state index is 12.9. The number of likely N-dealkylation sites (tertiary alicyclic amines) is 1. The third-order valence-corrected chi connectivity index (χ3v) is 8.45. The first-order valence-corrected chi connectivity index (χ1v) is 13.8. The van der Waals surface area contributed by atoms with Crippen molar-refractivity contribution in [3.8, 4) is 0 Å². The second-order valence-electron chi connectivity index (χ2n) is 9.28. The summed E-state index contributed by atoms with van der Waals surface area (Å²) < 4.78 is 8.81. The Balaban J connectivity index is 0.958. The number of aromatic nitrogens is 2. The number of nitrogens with zero attached hydrogens (tertiary/aromatic N) is 3. The monoisotopic (exact) mass is 564 g/mol. The van der Waals surface area contributed by atoms with E-state index in [1.165, 1.54) is 11.8 Å². The Morgan fingerprint density at radius 2 is 2.03 bits per heavy atom. The Labute approximate surface area is 221 Å². The molecule has 0 bridgehead atoms. The summed E-state index contributed by atoms with van der Waals surface area (Å²) in [6.07, 6.45) is 7.62. The molecule has 184 valence electrons. The quantitative estimate of drug-likeness (QED) is 0.302. The summed E-state index contributed by atoms with van der Waals surface area (Å²) in [5, 5.41) is 5.00. The number of carbonyl (C=O) groups excluding carboxylic acids is 2. The Hall–Kier alpha value is -3.04. The van der Waals surface area contributed by atoms with Crippen LogP contribution in [0.3, 0.4) is 0 Å². The van der Waals surface area contributed by atoms with Crippen molar-refractivity contribution in [2.75, 3.05) is 19.6 Å². The van der Waals surface area contributed by atoms with Crippen molar-refractivity contribution in [2.45, 2.75) is 30.7 Å². The van der Waals surface area contributed by atoms with Gasteiger partial charge in [0.05, 0.1) is 21.8 Å². The normalized spacial score (nSPS) is 15.9. The lowest BCUT2D eigenvalue weighted by Gasteiger charge is -2.31. The number of imidazole rings is 1. The number of rotatable bonds is 6. The van der Waals surface area contributed by atoms with E-state index < -0.39 is 0 Å². The Morgan fingerprint density at radius 1 is 1.17 bits per heavy atom. The molecule has 0 radical (unpaired) electrons. The Kier molecular flexibility index (Phi) is 6.35. The number of furan rings is 1. The average molecular weight is 565 g/mol. The smallest absolute Gasteiger partial charge is 0.289 e. The summed E-state index contributed by atoms with van der Waals surface area (Å²) in [6.45, 7) is 2.12. The van der Waals surface area contributed by atoms with Gasteiger partial charge in [-0.05, 0) is 74.1 Å². The molecule has 7 nitrogen and oxygen atoms in total. The second-order valence-corrected chi connectivity index (χ2v) is 11.3. The number of fused-ring (bicyclic) bond motifs is 1. The van der Waals surface area contributed by atoms with Crippen LogP contribution in [-0.4, -0.2) is 45.7 Å². The number of thioether (sulfide) groups is 1. The molecule has 2 amide bonds. The van der Waals surface area contributed by atoms with Gasteiger partial charge >= 0.3 is 0 Å². The molecule has 0 saturated carbocycles. The Morgan fingerprint density at radius 3 is 2.89 bits per heavy atom. The van der Waals surface area contributed by atoms with E-state index >= 15 is 0 Å². The topological polar surface area (TPSA) is 79.8 Å². The minimum Gasteiger partial charge on any atom is -0.451 e. The molecule has 3 aromatic heterocycles. The largest absolute Gasteiger partial charge is 0.451 e. The van der Waals surface area contributed by atoms with Crippen LogP contribution in [0, 0.1) is 5.92 Å². The third kappa shape index (κ3) is 4.57. The maximum atomic E-state index is 12.9. The van der Waals surface area contributed by atoms with Crippen molar-refractivity contribution in [3.05, 3.63) is 69.5 Å². The first-order valence-electron chi connectivity index (χ1n) is 12.2. The molecule has 6 rings (SSSR count). The van der Waals surface area contributed by atoms with Crippen LogP contribution in [0.25, 0.3) is 22.7 Å². The number of nitrogens with one attached hydrogen (secondary N) is 1. The SMILES string of the molecule is O=C(NCCCC1CCN(C(=O)c2cc3cc(Br)ccc3o2)CC1)C1=Cc2cnc3cccc(n23)S1. The lowest BCUT2D eigenvalue weighted by molar-refractivity contribution is -0.116. The van der Waals surface area contributed by atoms with Crippen molar-refractivity contribution in [3.63, 3.8) is 0 Å². The van der Waals surface area contributed by atoms with Crippen LogP contribution in [0.4, 0.5) is 0 Å². The first-order chi connectivity index (χ1) is 17.5. The van der Waals surface area contributed by atoms with E-state index in [9.17, 15) is 9.59 Å². The number of benzene rings is 1. The van der Waals surface area contributed by atoms with Gasteiger partial charge in [-0.15, -0.1) is 0 Å². The molecule has 5 heterocycles. The fourth-order valence-electron chi connectivity index (χ4n) is 4.98. The predicted octanol–water partition coefficient (Wildman–Crippen LogP) is 5.74. The molecule has 4 aromatic rings. The van der Waals surface area contributed by atoms with Gasteiger partial charge in [-0.25, -0.2) is 4.98 Å². The number of hydrogen-bond acceptors (Lipinski definition) is 5. The number of piperidine rings is 1. The average Bonchev–Trinajstić information content (AvgIpc) is 3.51. The molecule has 1 aromatic carbocycles. The molecule has 1 N–H and O–H groups in total. The van der Waals surface area contributed by atoms with Crippen molar-refractivity contribution < 1.29 is 14.0 Å². The molecule has 2 aliphatic rings. The number of hydrogen-bond donors (Lipinski definition) is 1. The van der Waals surface area contributed by atoms with E-state index in [0.29, 0.717) is 23.1 Å². The van der Waals surface area contributed by atoms with Gasteiger partial charge in [0, 0.05) is 29.5 Å². The lowest BCUT2D eigenvalue weighted by atomic mass is 9.92. The number of carbonyl (C=O) groups is 2. The first kappa shape index (κ1) is 23.4. The van der Waals surface area contributed by atoms with Crippen LogP contribution in [-0.2, 0) is 4.79 Å². The standard InChI is InChI=1S/C27H25BrN4O3S/c28-19-6-7-21-18(13-19)14-22(35-21)27(34)31-11-8-17(9-12-31)3-2-10-29-26(33)23-15-20-16-30-24-4-1-5-25(36-23)32(20)24/h1,4-7,13-17H,2-3,8-12H2,(H,29,33). The number of pyridine rings is 1. The fourth-order valence-corrected chi connectivity index (χ4v) is 6.36. The molecule has 0 atom stereocenters. The van der Waals surface area contributed by atoms with Crippen LogP contribution in [0.1, 0.15) is 41.9 Å². The summed E-state index contributed by atoms with van der Waals surface area (Å²) in [7, 11) is 0. The maximum Gasteiger partial charge on any atom is 0.289 e. The van der Waals surface area contributed by atoms with E-state index in [0.717, 1.165) is 70.6 Å². The third-order valence-electron chi connectivity index (χ3n) is 6.90.